The minimum absolute atomic E-state index is 0.183. The van der Waals surface area contributed by atoms with Gasteiger partial charge in [-0.25, -0.2) is 0 Å². The molecular weight excluding hydrogens is 218 g/mol. The number of carboxylic acids is 1. The van der Waals surface area contributed by atoms with E-state index >= 15 is 0 Å². The predicted molar refractivity (Wildman–Crippen MR) is 65.8 cm³/mol. The van der Waals surface area contributed by atoms with E-state index in [1.54, 1.807) is 0 Å². The Morgan fingerprint density at radius 2 is 1.82 bits per heavy atom. The Balaban J connectivity index is 1.67. The summed E-state index contributed by atoms with van der Waals surface area (Å²) in [5.41, 5.74) is 5.92. The molecule has 2 atom stereocenters. The summed E-state index contributed by atoms with van der Waals surface area (Å²) >= 11 is 0. The molecule has 1 aliphatic heterocycles. The number of aliphatic carboxylic acids is 1. The maximum atomic E-state index is 10.6. The Morgan fingerprint density at radius 1 is 1.18 bits per heavy atom. The van der Waals surface area contributed by atoms with E-state index in [9.17, 15) is 4.79 Å². The van der Waals surface area contributed by atoms with Crippen molar-refractivity contribution in [1.29, 1.82) is 0 Å². The molecule has 0 spiro atoms. The molecule has 1 aliphatic carbocycles. The minimum Gasteiger partial charge on any atom is -0.480 e. The van der Waals surface area contributed by atoms with Gasteiger partial charge >= 0.3 is 5.97 Å². The first-order valence-electron chi connectivity index (χ1n) is 6.55. The number of hydrogen-bond donors (Lipinski definition) is 2. The van der Waals surface area contributed by atoms with Crippen molar-refractivity contribution in [2.75, 3.05) is 39.3 Å². The van der Waals surface area contributed by atoms with Gasteiger partial charge in [0.15, 0.2) is 0 Å². The average molecular weight is 241 g/mol. The van der Waals surface area contributed by atoms with Crippen LogP contribution in [0.15, 0.2) is 0 Å². The lowest BCUT2D eigenvalue weighted by molar-refractivity contribution is -0.138. The summed E-state index contributed by atoms with van der Waals surface area (Å²) in [6.45, 7) is 5.09. The summed E-state index contributed by atoms with van der Waals surface area (Å²) in [7, 11) is 0. The molecule has 1 saturated carbocycles. The number of carbonyl (C=O) groups is 1. The van der Waals surface area contributed by atoms with E-state index in [4.69, 9.17) is 10.8 Å². The van der Waals surface area contributed by atoms with Gasteiger partial charge in [-0.05, 0) is 25.2 Å². The van der Waals surface area contributed by atoms with Crippen molar-refractivity contribution in [1.82, 2.24) is 9.80 Å². The molecule has 0 amide bonds. The molecule has 5 nitrogen and oxygen atoms in total. The van der Waals surface area contributed by atoms with Crippen LogP contribution in [0.2, 0.25) is 0 Å². The molecule has 3 N–H and O–H groups in total. The van der Waals surface area contributed by atoms with Crippen molar-refractivity contribution >= 4 is 5.97 Å². The first-order chi connectivity index (χ1) is 8.13. The Bertz CT molecular complexity index is 264. The average Bonchev–Trinajstić information content (AvgIpc) is 2.66. The van der Waals surface area contributed by atoms with Crippen molar-refractivity contribution < 1.29 is 9.90 Å². The lowest BCUT2D eigenvalue weighted by Gasteiger charge is -2.35. The van der Waals surface area contributed by atoms with Crippen LogP contribution in [0.25, 0.3) is 0 Å². The highest BCUT2D eigenvalue weighted by atomic mass is 16.4. The molecule has 0 aromatic heterocycles. The van der Waals surface area contributed by atoms with E-state index in [2.05, 4.69) is 4.90 Å². The van der Waals surface area contributed by atoms with Gasteiger partial charge in [0.25, 0.3) is 0 Å². The van der Waals surface area contributed by atoms with Crippen molar-refractivity contribution in [3.8, 4) is 0 Å². The quantitative estimate of drug-likeness (QED) is 0.714. The van der Waals surface area contributed by atoms with Crippen LogP contribution in [-0.2, 0) is 4.79 Å². The third-order valence-electron chi connectivity index (χ3n) is 3.92. The van der Waals surface area contributed by atoms with Crippen LogP contribution in [0.1, 0.15) is 19.3 Å². The number of piperazine rings is 1. The number of carboxylic acid groups (broad SMARTS) is 1. The molecule has 1 saturated heterocycles. The summed E-state index contributed by atoms with van der Waals surface area (Å²) in [6.07, 6.45) is 3.59. The molecule has 0 aromatic rings. The lowest BCUT2D eigenvalue weighted by Crippen LogP contribution is -2.48. The molecule has 1 heterocycles. The Morgan fingerprint density at radius 3 is 2.35 bits per heavy atom. The molecule has 2 rings (SSSR count). The first kappa shape index (κ1) is 12.8. The van der Waals surface area contributed by atoms with Gasteiger partial charge in [0.2, 0.25) is 0 Å². The fourth-order valence-electron chi connectivity index (χ4n) is 2.97. The molecule has 17 heavy (non-hydrogen) atoms. The van der Waals surface area contributed by atoms with Gasteiger partial charge in [-0.2, -0.15) is 0 Å². The third-order valence-corrected chi connectivity index (χ3v) is 3.92. The molecule has 2 aliphatic rings. The van der Waals surface area contributed by atoms with E-state index < -0.39 is 5.97 Å². The van der Waals surface area contributed by atoms with Crippen molar-refractivity contribution in [2.24, 2.45) is 11.7 Å². The zero-order valence-corrected chi connectivity index (χ0v) is 10.3. The second-order valence-electron chi connectivity index (χ2n) is 5.41. The first-order valence-corrected chi connectivity index (χ1v) is 6.55. The zero-order valence-electron chi connectivity index (χ0n) is 10.3. The van der Waals surface area contributed by atoms with Gasteiger partial charge in [-0.15, -0.1) is 0 Å². The number of nitrogens with two attached hydrogens (primary N) is 1. The monoisotopic (exact) mass is 241 g/mol. The highest BCUT2D eigenvalue weighted by molar-refractivity contribution is 5.69. The smallest absolute Gasteiger partial charge is 0.317 e. The van der Waals surface area contributed by atoms with Crippen molar-refractivity contribution in [3.63, 3.8) is 0 Å². The summed E-state index contributed by atoms with van der Waals surface area (Å²) in [5.74, 6) is 0.0382. The van der Waals surface area contributed by atoms with Crippen LogP contribution in [-0.4, -0.2) is 66.2 Å². The topological polar surface area (TPSA) is 69.8 Å². The highest BCUT2D eigenvalue weighted by Crippen LogP contribution is 2.25. The van der Waals surface area contributed by atoms with Crippen LogP contribution in [0.5, 0.6) is 0 Å². The van der Waals surface area contributed by atoms with Crippen LogP contribution in [0.3, 0.4) is 0 Å². The predicted octanol–water partition coefficient (Wildman–Crippen LogP) is -0.184. The second-order valence-corrected chi connectivity index (χ2v) is 5.41. The molecule has 5 heteroatoms. The van der Waals surface area contributed by atoms with Gasteiger partial charge in [-0.3, -0.25) is 9.69 Å². The zero-order chi connectivity index (χ0) is 12.3. The van der Waals surface area contributed by atoms with Gasteiger partial charge < -0.3 is 15.7 Å². The summed E-state index contributed by atoms with van der Waals surface area (Å²) in [5, 5.41) is 8.72. The standard InChI is InChI=1S/C12H23N3O2/c13-11-2-1-10(7-11)8-14-3-5-15(6-4-14)9-12(16)17/h10-11H,1-9,13H2,(H,16,17). The number of hydrogen-bond acceptors (Lipinski definition) is 4. The second kappa shape index (κ2) is 5.80. The van der Waals surface area contributed by atoms with E-state index in [0.29, 0.717) is 6.04 Å². The van der Waals surface area contributed by atoms with Crippen molar-refractivity contribution in [2.45, 2.75) is 25.3 Å². The van der Waals surface area contributed by atoms with Gasteiger partial charge in [0, 0.05) is 38.8 Å². The third kappa shape index (κ3) is 3.94. The molecule has 0 aromatic carbocycles. The van der Waals surface area contributed by atoms with E-state index in [-0.39, 0.29) is 6.54 Å². The lowest BCUT2D eigenvalue weighted by atomic mass is 10.1. The molecule has 2 fully saturated rings. The Labute approximate surface area is 103 Å². The fourth-order valence-corrected chi connectivity index (χ4v) is 2.97. The number of nitrogens with zero attached hydrogens (tertiary/aromatic N) is 2. The normalized spacial score (nSPS) is 31.8. The largest absolute Gasteiger partial charge is 0.480 e. The van der Waals surface area contributed by atoms with Crippen molar-refractivity contribution in [3.05, 3.63) is 0 Å². The number of rotatable bonds is 4. The fraction of sp³-hybridized carbons (Fsp3) is 0.917. The van der Waals surface area contributed by atoms with Crippen LogP contribution in [0.4, 0.5) is 0 Å². The van der Waals surface area contributed by atoms with E-state index in [1.165, 1.54) is 12.8 Å². The van der Waals surface area contributed by atoms with E-state index in [0.717, 1.165) is 45.1 Å². The van der Waals surface area contributed by atoms with Crippen LogP contribution in [0, 0.1) is 5.92 Å². The maximum absolute atomic E-state index is 10.6. The Kier molecular flexibility index (Phi) is 4.36. The van der Waals surface area contributed by atoms with Crippen LogP contribution < -0.4 is 5.73 Å². The van der Waals surface area contributed by atoms with Gasteiger partial charge in [-0.1, -0.05) is 0 Å². The molecule has 0 bridgehead atoms. The minimum atomic E-state index is -0.722. The summed E-state index contributed by atoms with van der Waals surface area (Å²) in [4.78, 5) is 15.1. The summed E-state index contributed by atoms with van der Waals surface area (Å²) in [6, 6.07) is 0.410. The molecular formula is C12H23N3O2. The molecule has 98 valence electrons. The maximum Gasteiger partial charge on any atom is 0.317 e. The molecule has 0 radical (unpaired) electrons. The Hall–Kier alpha value is -0.650. The van der Waals surface area contributed by atoms with E-state index in [1.807, 2.05) is 4.90 Å². The SMILES string of the molecule is NC1CCC(CN2CCN(CC(=O)O)CC2)C1. The van der Waals surface area contributed by atoms with Gasteiger partial charge in [0.1, 0.15) is 0 Å². The van der Waals surface area contributed by atoms with Crippen LogP contribution >= 0.6 is 0 Å². The molecule has 2 unspecified atom stereocenters. The van der Waals surface area contributed by atoms with Gasteiger partial charge in [0.05, 0.1) is 6.54 Å². The summed E-state index contributed by atoms with van der Waals surface area (Å²) < 4.78 is 0. The highest BCUT2D eigenvalue weighted by Gasteiger charge is 2.25.